The summed E-state index contributed by atoms with van der Waals surface area (Å²) in [6.07, 6.45) is 3.46. The lowest BCUT2D eigenvalue weighted by molar-refractivity contribution is -0.116. The molecule has 1 aromatic carbocycles. The molecule has 3 rings (SSSR count). The number of amides is 1. The lowest BCUT2D eigenvalue weighted by Crippen LogP contribution is -2.18. The molecule has 0 bridgehead atoms. The highest BCUT2D eigenvalue weighted by atomic mass is 16.5. The van der Waals surface area contributed by atoms with Crippen molar-refractivity contribution in [1.82, 2.24) is 9.97 Å². The van der Waals surface area contributed by atoms with Gasteiger partial charge in [-0.1, -0.05) is 0 Å². The topological polar surface area (TPSA) is 101 Å². The molecule has 7 heteroatoms. The number of nitrogens with one attached hydrogen (secondary N) is 1. The Balaban J connectivity index is 1.79. The number of aromatic nitrogens is 2. The Morgan fingerprint density at radius 1 is 1.24 bits per heavy atom. The summed E-state index contributed by atoms with van der Waals surface area (Å²) in [6.45, 7) is 0. The van der Waals surface area contributed by atoms with Gasteiger partial charge >= 0.3 is 12.0 Å². The summed E-state index contributed by atoms with van der Waals surface area (Å²) in [5.74, 6) is -0.553. The van der Waals surface area contributed by atoms with E-state index in [4.69, 9.17) is 9.84 Å². The van der Waals surface area contributed by atoms with E-state index in [1.165, 1.54) is 12.4 Å². The van der Waals surface area contributed by atoms with E-state index in [1.54, 1.807) is 12.1 Å². The lowest BCUT2D eigenvalue weighted by atomic mass is 10.0. The predicted molar refractivity (Wildman–Crippen MR) is 72.5 cm³/mol. The number of carboxylic acids is 1. The molecule has 0 radical (unpaired) electrons. The quantitative estimate of drug-likeness (QED) is 0.892. The molecule has 0 aliphatic carbocycles. The third kappa shape index (κ3) is 2.81. The van der Waals surface area contributed by atoms with Crippen molar-refractivity contribution >= 4 is 17.6 Å². The fourth-order valence-electron chi connectivity index (χ4n) is 2.01. The summed E-state index contributed by atoms with van der Waals surface area (Å²) in [6, 6.07) is 5.33. The first-order valence-corrected chi connectivity index (χ1v) is 6.28. The Kier molecular flexibility index (Phi) is 3.23. The van der Waals surface area contributed by atoms with Crippen LogP contribution in [-0.4, -0.2) is 27.0 Å². The number of anilines is 1. The number of rotatable bonds is 3. The van der Waals surface area contributed by atoms with E-state index in [-0.39, 0.29) is 17.5 Å². The van der Waals surface area contributed by atoms with Crippen LogP contribution in [0, 0.1) is 0 Å². The number of ether oxygens (including phenoxy) is 1. The second-order valence-corrected chi connectivity index (χ2v) is 4.53. The molecule has 0 atom stereocenters. The summed E-state index contributed by atoms with van der Waals surface area (Å²) in [5, 5.41) is 11.5. The van der Waals surface area contributed by atoms with Gasteiger partial charge in [0.2, 0.25) is 5.91 Å². The van der Waals surface area contributed by atoms with Gasteiger partial charge in [-0.2, -0.15) is 0 Å². The van der Waals surface area contributed by atoms with Gasteiger partial charge in [-0.25, -0.2) is 14.8 Å². The number of hydrogen-bond acceptors (Lipinski definition) is 5. The first kappa shape index (κ1) is 13.0. The highest BCUT2D eigenvalue weighted by molar-refractivity contribution is 5.94. The minimum Gasteiger partial charge on any atom is -0.478 e. The van der Waals surface area contributed by atoms with Crippen molar-refractivity contribution in [3.05, 3.63) is 41.7 Å². The summed E-state index contributed by atoms with van der Waals surface area (Å²) < 4.78 is 5.48. The number of fused-ring (bicyclic) bond motifs is 1. The SMILES string of the molecule is O=C1CCc2cc(Oc3ncc(C(=O)O)cn3)ccc2N1. The van der Waals surface area contributed by atoms with Crippen LogP contribution in [0.2, 0.25) is 0 Å². The minimum absolute atomic E-state index is 0.00348. The molecule has 106 valence electrons. The van der Waals surface area contributed by atoms with Crippen molar-refractivity contribution in [1.29, 1.82) is 0 Å². The van der Waals surface area contributed by atoms with Crippen LogP contribution in [0.25, 0.3) is 0 Å². The number of carbonyl (C=O) groups is 2. The molecule has 0 fully saturated rings. The van der Waals surface area contributed by atoms with Crippen LogP contribution in [0.4, 0.5) is 5.69 Å². The number of nitrogens with zero attached hydrogens (tertiary/aromatic N) is 2. The molecule has 7 nitrogen and oxygen atoms in total. The Morgan fingerprint density at radius 3 is 2.71 bits per heavy atom. The van der Waals surface area contributed by atoms with Crippen LogP contribution < -0.4 is 10.1 Å². The van der Waals surface area contributed by atoms with Gasteiger partial charge < -0.3 is 15.2 Å². The number of carbonyl (C=O) groups excluding carboxylic acids is 1. The zero-order valence-corrected chi connectivity index (χ0v) is 10.9. The van der Waals surface area contributed by atoms with Gasteiger partial charge in [0.15, 0.2) is 0 Å². The van der Waals surface area contributed by atoms with Gasteiger partial charge in [0.05, 0.1) is 5.56 Å². The molecule has 2 N–H and O–H groups in total. The van der Waals surface area contributed by atoms with E-state index in [2.05, 4.69) is 15.3 Å². The largest absolute Gasteiger partial charge is 0.478 e. The van der Waals surface area contributed by atoms with Gasteiger partial charge in [-0.15, -0.1) is 0 Å². The molecule has 21 heavy (non-hydrogen) atoms. The molecular weight excluding hydrogens is 274 g/mol. The summed E-state index contributed by atoms with van der Waals surface area (Å²) in [5.41, 5.74) is 1.76. The summed E-state index contributed by atoms with van der Waals surface area (Å²) in [4.78, 5) is 29.7. The van der Waals surface area contributed by atoms with E-state index in [0.29, 0.717) is 18.6 Å². The van der Waals surface area contributed by atoms with Crippen LogP contribution in [0.15, 0.2) is 30.6 Å². The van der Waals surface area contributed by atoms with Gasteiger partial charge in [0.25, 0.3) is 0 Å². The van der Waals surface area contributed by atoms with Gasteiger partial charge in [-0.3, -0.25) is 4.79 Å². The predicted octanol–water partition coefficient (Wildman–Crippen LogP) is 1.85. The molecule has 0 unspecified atom stereocenters. The van der Waals surface area contributed by atoms with Crippen molar-refractivity contribution in [3.8, 4) is 11.8 Å². The standard InChI is InChI=1S/C14H11N3O4/c18-12-4-1-8-5-10(2-3-11(8)17-12)21-14-15-6-9(7-16-14)13(19)20/h2-3,5-7H,1,4H2,(H,17,18)(H,19,20). The fraction of sp³-hybridized carbons (Fsp3) is 0.143. The van der Waals surface area contributed by atoms with Crippen LogP contribution in [0.3, 0.4) is 0 Å². The third-order valence-corrected chi connectivity index (χ3v) is 3.06. The molecule has 1 aliphatic heterocycles. The van der Waals surface area contributed by atoms with Gasteiger partial charge in [-0.05, 0) is 30.2 Å². The number of hydrogen-bond donors (Lipinski definition) is 2. The molecular formula is C14H11N3O4. The van der Waals surface area contributed by atoms with Crippen LogP contribution >= 0.6 is 0 Å². The van der Waals surface area contributed by atoms with Gasteiger partial charge in [0, 0.05) is 24.5 Å². The lowest BCUT2D eigenvalue weighted by Gasteiger charge is -2.17. The zero-order chi connectivity index (χ0) is 14.8. The smallest absolute Gasteiger partial charge is 0.338 e. The van der Waals surface area contributed by atoms with Crippen molar-refractivity contribution in [2.75, 3.05) is 5.32 Å². The number of aromatic carboxylic acids is 1. The van der Waals surface area contributed by atoms with Crippen molar-refractivity contribution in [2.45, 2.75) is 12.8 Å². The monoisotopic (exact) mass is 285 g/mol. The minimum atomic E-state index is -1.09. The van der Waals surface area contributed by atoms with Crippen molar-refractivity contribution in [2.24, 2.45) is 0 Å². The maximum atomic E-state index is 11.3. The molecule has 1 aromatic heterocycles. The second kappa shape index (κ2) is 5.20. The summed E-state index contributed by atoms with van der Waals surface area (Å²) in [7, 11) is 0. The Hall–Kier alpha value is -2.96. The molecule has 0 spiro atoms. The summed E-state index contributed by atoms with van der Waals surface area (Å²) >= 11 is 0. The highest BCUT2D eigenvalue weighted by Crippen LogP contribution is 2.28. The van der Waals surface area contributed by atoms with E-state index < -0.39 is 5.97 Å². The molecule has 0 saturated carbocycles. The molecule has 1 amide bonds. The average Bonchev–Trinajstić information content (AvgIpc) is 2.48. The number of carboxylic acid groups (broad SMARTS) is 1. The fourth-order valence-corrected chi connectivity index (χ4v) is 2.01. The Labute approximate surface area is 119 Å². The molecule has 0 saturated heterocycles. The molecule has 2 aromatic rings. The van der Waals surface area contributed by atoms with Crippen molar-refractivity contribution < 1.29 is 19.4 Å². The van der Waals surface area contributed by atoms with E-state index in [1.807, 2.05) is 6.07 Å². The molecule has 2 heterocycles. The van der Waals surface area contributed by atoms with E-state index in [0.717, 1.165) is 11.3 Å². The van der Waals surface area contributed by atoms with Crippen molar-refractivity contribution in [3.63, 3.8) is 0 Å². The van der Waals surface area contributed by atoms with Crippen LogP contribution in [-0.2, 0) is 11.2 Å². The van der Waals surface area contributed by atoms with E-state index in [9.17, 15) is 9.59 Å². The van der Waals surface area contributed by atoms with Crippen LogP contribution in [0.5, 0.6) is 11.8 Å². The number of benzene rings is 1. The zero-order valence-electron chi connectivity index (χ0n) is 10.9. The Morgan fingerprint density at radius 2 is 2.00 bits per heavy atom. The first-order chi connectivity index (χ1) is 10.1. The maximum absolute atomic E-state index is 11.3. The Bertz CT molecular complexity index is 713. The van der Waals surface area contributed by atoms with Gasteiger partial charge in [0.1, 0.15) is 5.75 Å². The maximum Gasteiger partial charge on any atom is 0.338 e. The third-order valence-electron chi connectivity index (χ3n) is 3.06. The average molecular weight is 285 g/mol. The first-order valence-electron chi connectivity index (χ1n) is 6.28. The van der Waals surface area contributed by atoms with E-state index >= 15 is 0 Å². The second-order valence-electron chi connectivity index (χ2n) is 4.53. The molecule has 1 aliphatic rings. The number of aryl methyl sites for hydroxylation is 1. The highest BCUT2D eigenvalue weighted by Gasteiger charge is 2.15. The van der Waals surface area contributed by atoms with Crippen LogP contribution in [0.1, 0.15) is 22.3 Å². The normalized spacial score (nSPS) is 13.2.